The Kier molecular flexibility index (Phi) is 6.67. The summed E-state index contributed by atoms with van der Waals surface area (Å²) in [4.78, 5) is 29.9. The highest BCUT2D eigenvalue weighted by Crippen LogP contribution is 2.54. The lowest BCUT2D eigenvalue weighted by molar-refractivity contribution is -0.138. The molecule has 0 amide bonds. The molecule has 0 aromatic carbocycles. The number of carbonyl (C=O) groups excluding carboxylic acids is 1. The Morgan fingerprint density at radius 2 is 1.94 bits per heavy atom. The van der Waals surface area contributed by atoms with Gasteiger partial charge in [-0.25, -0.2) is 9.18 Å². The number of ketones is 1. The number of rotatable bonds is 5. The van der Waals surface area contributed by atoms with Crippen LogP contribution in [0.3, 0.4) is 0 Å². The normalized spacial score (nSPS) is 45.4. The number of Topliss-reactive ketones (excluding diaryl/α,β-unsaturated/α-hetero) is 1. The van der Waals surface area contributed by atoms with Gasteiger partial charge in [0.2, 0.25) is 0 Å². The zero-order valence-electron chi connectivity index (χ0n) is 20.8. The van der Waals surface area contributed by atoms with Gasteiger partial charge in [0.25, 0.3) is 0 Å². The highest BCUT2D eigenvalue weighted by molar-refractivity contribution is 8.00. The van der Waals surface area contributed by atoms with Gasteiger partial charge in [-0.05, 0) is 70.5 Å². The van der Waals surface area contributed by atoms with Gasteiger partial charge in [-0.1, -0.05) is 25.7 Å². The first-order chi connectivity index (χ1) is 16.9. The van der Waals surface area contributed by atoms with Gasteiger partial charge in [0.05, 0.1) is 12.1 Å². The standard InChI is InChI=1S/C27H40FN3O3S/c1-30-10-4-7-17(30)8-9-29-23-20(28)13-18-24-26(23)35-22-12-16-6-3-2-5-15(16)11-21(22)31(24)14-19(25(18)32)27(33)34/h14-18,20-24,26,29H,2-13H2,1H3,(H,33,34). The van der Waals surface area contributed by atoms with Crippen molar-refractivity contribution >= 4 is 23.5 Å². The van der Waals surface area contributed by atoms with Gasteiger partial charge in [0.15, 0.2) is 5.78 Å². The smallest absolute Gasteiger partial charge is 0.340 e. The summed E-state index contributed by atoms with van der Waals surface area (Å²) in [7, 11) is 2.18. The number of nitrogens with zero attached hydrogens (tertiary/aromatic N) is 2. The number of carboxylic acid groups (broad SMARTS) is 1. The third-order valence-corrected chi connectivity index (χ3v) is 12.0. The van der Waals surface area contributed by atoms with Crippen LogP contribution < -0.4 is 5.32 Å². The van der Waals surface area contributed by atoms with Crippen LogP contribution in [-0.2, 0) is 9.59 Å². The largest absolute Gasteiger partial charge is 0.478 e. The summed E-state index contributed by atoms with van der Waals surface area (Å²) in [5.41, 5.74) is -0.135. The minimum absolute atomic E-state index is 0.0259. The fourth-order valence-electron chi connectivity index (χ4n) is 8.45. The highest BCUT2D eigenvalue weighted by Gasteiger charge is 2.59. The van der Waals surface area contributed by atoms with Crippen LogP contribution in [0.1, 0.15) is 64.2 Å². The molecular formula is C27H40FN3O3S. The summed E-state index contributed by atoms with van der Waals surface area (Å²) >= 11 is 1.94. The maximum absolute atomic E-state index is 15.8. The molecule has 2 saturated heterocycles. The van der Waals surface area contributed by atoms with Crippen LogP contribution in [-0.4, -0.2) is 87.6 Å². The highest BCUT2D eigenvalue weighted by atomic mass is 32.2. The summed E-state index contributed by atoms with van der Waals surface area (Å²) in [5.74, 6) is -0.629. The monoisotopic (exact) mass is 505 g/mol. The van der Waals surface area contributed by atoms with E-state index in [-0.39, 0.29) is 41.2 Å². The molecule has 194 valence electrons. The molecule has 35 heavy (non-hydrogen) atoms. The number of hydrogen-bond donors (Lipinski definition) is 2. The lowest BCUT2D eigenvalue weighted by Gasteiger charge is -2.60. The number of alkyl halides is 1. The number of hydrogen-bond acceptors (Lipinski definition) is 6. The molecule has 2 N–H and O–H groups in total. The lowest BCUT2D eigenvalue weighted by atomic mass is 9.67. The number of nitrogens with one attached hydrogen (secondary N) is 1. The Morgan fingerprint density at radius 1 is 1.17 bits per heavy atom. The number of thioether (sulfide) groups is 1. The Hall–Kier alpha value is -1.12. The SMILES string of the molecule is CN1CCCC1CCNC1C(F)CC2C(=O)C(C(=O)O)=CN3C4CC5CCCCC5CC4SC1C23. The van der Waals surface area contributed by atoms with Gasteiger partial charge in [0.1, 0.15) is 11.7 Å². The quantitative estimate of drug-likeness (QED) is 0.555. The summed E-state index contributed by atoms with van der Waals surface area (Å²) < 4.78 is 15.8. The molecule has 0 aromatic rings. The van der Waals surface area contributed by atoms with Crippen molar-refractivity contribution in [2.75, 3.05) is 20.1 Å². The summed E-state index contributed by atoms with van der Waals surface area (Å²) in [6.07, 6.45) is 11.5. The van der Waals surface area contributed by atoms with E-state index in [0.717, 1.165) is 38.3 Å². The van der Waals surface area contributed by atoms with Crippen molar-refractivity contribution in [3.05, 3.63) is 11.8 Å². The second-order valence-electron chi connectivity index (χ2n) is 12.0. The van der Waals surface area contributed by atoms with Crippen molar-refractivity contribution in [1.29, 1.82) is 0 Å². The Bertz CT molecular complexity index is 886. The molecule has 6 rings (SSSR count). The van der Waals surface area contributed by atoms with Gasteiger partial charge < -0.3 is 20.2 Å². The molecule has 0 aromatic heterocycles. The summed E-state index contributed by atoms with van der Waals surface area (Å²) in [5, 5.41) is 13.8. The van der Waals surface area contributed by atoms with Crippen molar-refractivity contribution in [2.45, 2.75) is 105 Å². The molecule has 10 atom stereocenters. The average molecular weight is 506 g/mol. The maximum atomic E-state index is 15.8. The first-order valence-electron chi connectivity index (χ1n) is 13.9. The number of aliphatic carboxylic acids is 1. The van der Waals surface area contributed by atoms with Crippen LogP contribution in [0.25, 0.3) is 0 Å². The van der Waals surface area contributed by atoms with Crippen molar-refractivity contribution in [2.24, 2.45) is 17.8 Å². The molecule has 5 fully saturated rings. The second-order valence-corrected chi connectivity index (χ2v) is 13.5. The predicted octanol–water partition coefficient (Wildman–Crippen LogP) is 3.46. The molecule has 3 heterocycles. The molecule has 3 aliphatic carbocycles. The van der Waals surface area contributed by atoms with E-state index in [1.54, 1.807) is 6.20 Å². The van der Waals surface area contributed by atoms with Crippen LogP contribution in [0.5, 0.6) is 0 Å². The van der Waals surface area contributed by atoms with Crippen LogP contribution in [0.15, 0.2) is 11.8 Å². The number of halogens is 1. The van der Waals surface area contributed by atoms with Gasteiger partial charge in [0, 0.05) is 34.7 Å². The van der Waals surface area contributed by atoms with Gasteiger partial charge in [-0.15, -0.1) is 11.8 Å². The van der Waals surface area contributed by atoms with Gasteiger partial charge in [-0.2, -0.15) is 0 Å². The van der Waals surface area contributed by atoms with Crippen LogP contribution in [0.4, 0.5) is 4.39 Å². The Morgan fingerprint density at radius 3 is 2.66 bits per heavy atom. The van der Waals surface area contributed by atoms with Crippen LogP contribution in [0.2, 0.25) is 0 Å². The van der Waals surface area contributed by atoms with E-state index in [4.69, 9.17) is 0 Å². The molecule has 0 spiro atoms. The summed E-state index contributed by atoms with van der Waals surface area (Å²) in [6, 6.07) is 0.439. The van der Waals surface area contributed by atoms with Gasteiger partial charge >= 0.3 is 5.97 Å². The average Bonchev–Trinajstić information content (AvgIpc) is 3.25. The molecule has 3 aliphatic heterocycles. The van der Waals surface area contributed by atoms with Crippen molar-refractivity contribution in [3.63, 3.8) is 0 Å². The van der Waals surface area contributed by atoms with Crippen molar-refractivity contribution in [3.8, 4) is 0 Å². The van der Waals surface area contributed by atoms with E-state index in [1.807, 2.05) is 11.8 Å². The minimum atomic E-state index is -1.16. The number of fused-ring (bicyclic) bond motifs is 3. The molecule has 0 bridgehead atoms. The Labute approximate surface area is 212 Å². The fraction of sp³-hybridized carbons (Fsp3) is 0.852. The molecule has 8 heteroatoms. The first-order valence-corrected chi connectivity index (χ1v) is 14.9. The first kappa shape index (κ1) is 24.2. The molecule has 10 unspecified atom stereocenters. The fourth-order valence-corrected chi connectivity index (χ4v) is 10.6. The number of carboxylic acids is 1. The molecule has 3 saturated carbocycles. The third kappa shape index (κ3) is 4.25. The molecular weight excluding hydrogens is 465 g/mol. The minimum Gasteiger partial charge on any atom is -0.478 e. The molecule has 6 nitrogen and oxygen atoms in total. The second kappa shape index (κ2) is 9.64. The predicted molar refractivity (Wildman–Crippen MR) is 135 cm³/mol. The molecule has 0 radical (unpaired) electrons. The van der Waals surface area contributed by atoms with E-state index in [1.165, 1.54) is 38.5 Å². The van der Waals surface area contributed by atoms with Crippen LogP contribution in [0, 0.1) is 17.8 Å². The van der Waals surface area contributed by atoms with E-state index < -0.39 is 18.1 Å². The van der Waals surface area contributed by atoms with E-state index in [2.05, 4.69) is 22.2 Å². The van der Waals surface area contributed by atoms with Crippen molar-refractivity contribution in [1.82, 2.24) is 15.1 Å². The number of likely N-dealkylation sites (tertiary alicyclic amines) is 1. The number of carbonyl (C=O) groups is 2. The topological polar surface area (TPSA) is 72.9 Å². The zero-order chi connectivity index (χ0) is 24.3. The maximum Gasteiger partial charge on any atom is 0.340 e. The molecule has 6 aliphatic rings. The van der Waals surface area contributed by atoms with Gasteiger partial charge in [-0.3, -0.25) is 4.79 Å². The Balaban J connectivity index is 1.27. The third-order valence-electron chi connectivity index (χ3n) is 10.2. The zero-order valence-corrected chi connectivity index (χ0v) is 21.6. The summed E-state index contributed by atoms with van der Waals surface area (Å²) in [6.45, 7) is 1.93. The lowest BCUT2D eigenvalue weighted by Crippen LogP contribution is -2.70. The van der Waals surface area contributed by atoms with Crippen molar-refractivity contribution < 1.29 is 19.1 Å². The van der Waals surface area contributed by atoms with E-state index >= 15 is 4.39 Å². The van der Waals surface area contributed by atoms with E-state index in [0.29, 0.717) is 17.2 Å². The van der Waals surface area contributed by atoms with E-state index in [9.17, 15) is 14.7 Å². The van der Waals surface area contributed by atoms with Crippen LogP contribution >= 0.6 is 11.8 Å².